The van der Waals surface area contributed by atoms with Gasteiger partial charge in [0, 0.05) is 0 Å². The SMILES string of the molecule is Cc1ccc(C2C=C(NC(N)=O)C(=O)O2)cc1. The Labute approximate surface area is 98.3 Å². The van der Waals surface area contributed by atoms with Gasteiger partial charge in [0.1, 0.15) is 11.8 Å². The van der Waals surface area contributed by atoms with Crippen LogP contribution in [0.5, 0.6) is 0 Å². The van der Waals surface area contributed by atoms with Gasteiger partial charge in [0.2, 0.25) is 0 Å². The summed E-state index contributed by atoms with van der Waals surface area (Å²) in [5, 5.41) is 2.23. The molecule has 0 spiro atoms. The highest BCUT2D eigenvalue weighted by Gasteiger charge is 2.27. The van der Waals surface area contributed by atoms with Gasteiger partial charge in [-0.15, -0.1) is 0 Å². The Morgan fingerprint density at radius 2 is 2.00 bits per heavy atom. The van der Waals surface area contributed by atoms with Crippen LogP contribution in [0.3, 0.4) is 0 Å². The number of primary amides is 1. The lowest BCUT2D eigenvalue weighted by Crippen LogP contribution is -2.30. The first-order valence-corrected chi connectivity index (χ1v) is 5.12. The van der Waals surface area contributed by atoms with Crippen LogP contribution < -0.4 is 11.1 Å². The summed E-state index contributed by atoms with van der Waals surface area (Å²) in [5.41, 5.74) is 7.00. The Balaban J connectivity index is 2.19. The first-order chi connectivity index (χ1) is 8.06. The van der Waals surface area contributed by atoms with E-state index in [0.29, 0.717) is 0 Å². The lowest BCUT2D eigenvalue weighted by molar-refractivity contribution is -0.140. The summed E-state index contributed by atoms with van der Waals surface area (Å²) < 4.78 is 5.10. The van der Waals surface area contributed by atoms with Crippen LogP contribution in [0.4, 0.5) is 4.79 Å². The molecule has 5 heteroatoms. The van der Waals surface area contributed by atoms with Crippen molar-refractivity contribution in [3.8, 4) is 0 Å². The average molecular weight is 232 g/mol. The van der Waals surface area contributed by atoms with Gasteiger partial charge < -0.3 is 15.8 Å². The molecule has 1 aromatic carbocycles. The molecule has 0 fully saturated rings. The first-order valence-electron chi connectivity index (χ1n) is 5.12. The van der Waals surface area contributed by atoms with Gasteiger partial charge in [0.25, 0.3) is 0 Å². The summed E-state index contributed by atoms with van der Waals surface area (Å²) in [7, 11) is 0. The average Bonchev–Trinajstić information content (AvgIpc) is 2.60. The summed E-state index contributed by atoms with van der Waals surface area (Å²) in [4.78, 5) is 22.1. The molecule has 1 aliphatic heterocycles. The second-order valence-corrected chi connectivity index (χ2v) is 3.81. The molecule has 3 N–H and O–H groups in total. The molecule has 1 atom stereocenters. The number of aryl methyl sites for hydroxylation is 1. The van der Waals surface area contributed by atoms with Crippen LogP contribution in [-0.2, 0) is 9.53 Å². The van der Waals surface area contributed by atoms with Crippen molar-refractivity contribution < 1.29 is 14.3 Å². The molecule has 0 aliphatic carbocycles. The van der Waals surface area contributed by atoms with E-state index in [9.17, 15) is 9.59 Å². The largest absolute Gasteiger partial charge is 0.448 e. The number of hydrogen-bond donors (Lipinski definition) is 2. The molecule has 2 amide bonds. The number of ether oxygens (including phenoxy) is 1. The van der Waals surface area contributed by atoms with E-state index in [1.807, 2.05) is 31.2 Å². The lowest BCUT2D eigenvalue weighted by atomic mass is 10.1. The Morgan fingerprint density at radius 1 is 1.35 bits per heavy atom. The molecule has 5 nitrogen and oxygen atoms in total. The van der Waals surface area contributed by atoms with E-state index in [2.05, 4.69) is 5.32 Å². The molecule has 2 rings (SSSR count). The normalized spacial score (nSPS) is 18.5. The van der Waals surface area contributed by atoms with Gasteiger partial charge in [-0.25, -0.2) is 9.59 Å². The molecule has 0 aromatic heterocycles. The minimum atomic E-state index is -0.780. The molecule has 17 heavy (non-hydrogen) atoms. The van der Waals surface area contributed by atoms with Crippen molar-refractivity contribution in [2.24, 2.45) is 5.73 Å². The monoisotopic (exact) mass is 232 g/mol. The molecule has 1 unspecified atom stereocenters. The van der Waals surface area contributed by atoms with Crippen molar-refractivity contribution in [1.82, 2.24) is 5.32 Å². The smallest absolute Gasteiger partial charge is 0.355 e. The lowest BCUT2D eigenvalue weighted by Gasteiger charge is -2.07. The maximum Gasteiger partial charge on any atom is 0.355 e. The van der Waals surface area contributed by atoms with Gasteiger partial charge in [-0.2, -0.15) is 0 Å². The molecular formula is C12H12N2O3. The maximum atomic E-state index is 11.4. The van der Waals surface area contributed by atoms with E-state index in [-0.39, 0.29) is 5.70 Å². The number of rotatable bonds is 2. The Morgan fingerprint density at radius 3 is 2.59 bits per heavy atom. The highest BCUT2D eigenvalue weighted by Crippen LogP contribution is 2.26. The highest BCUT2D eigenvalue weighted by atomic mass is 16.5. The fourth-order valence-corrected chi connectivity index (χ4v) is 1.58. The molecule has 1 aromatic rings. The number of cyclic esters (lactones) is 1. The van der Waals surface area contributed by atoms with Crippen LogP contribution in [-0.4, -0.2) is 12.0 Å². The van der Waals surface area contributed by atoms with Gasteiger partial charge >= 0.3 is 12.0 Å². The van der Waals surface area contributed by atoms with Crippen LogP contribution in [0, 0.1) is 6.92 Å². The minimum Gasteiger partial charge on any atom is -0.448 e. The number of esters is 1. The molecule has 1 aliphatic rings. The molecular weight excluding hydrogens is 220 g/mol. The standard InChI is InChI=1S/C12H12N2O3/c1-7-2-4-8(5-3-7)10-6-9(11(15)17-10)14-12(13)16/h2-6,10H,1H3,(H3,13,14,16). The fourth-order valence-electron chi connectivity index (χ4n) is 1.58. The van der Waals surface area contributed by atoms with Crippen LogP contribution in [0.15, 0.2) is 36.0 Å². The highest BCUT2D eigenvalue weighted by molar-refractivity contribution is 5.95. The Bertz CT molecular complexity index is 491. The zero-order chi connectivity index (χ0) is 12.4. The molecule has 0 bridgehead atoms. The van der Waals surface area contributed by atoms with Gasteiger partial charge in [0.05, 0.1) is 0 Å². The number of amides is 2. The number of nitrogens with one attached hydrogen (secondary N) is 1. The summed E-state index contributed by atoms with van der Waals surface area (Å²) >= 11 is 0. The Hall–Kier alpha value is -2.30. The maximum absolute atomic E-state index is 11.4. The van der Waals surface area contributed by atoms with Crippen LogP contribution in [0.2, 0.25) is 0 Å². The van der Waals surface area contributed by atoms with E-state index in [0.717, 1.165) is 11.1 Å². The van der Waals surface area contributed by atoms with Crippen molar-refractivity contribution in [2.45, 2.75) is 13.0 Å². The summed E-state index contributed by atoms with van der Waals surface area (Å²) in [6.45, 7) is 1.97. The zero-order valence-electron chi connectivity index (χ0n) is 9.27. The Kier molecular flexibility index (Phi) is 2.82. The van der Waals surface area contributed by atoms with Gasteiger partial charge in [-0.05, 0) is 18.6 Å². The van der Waals surface area contributed by atoms with E-state index < -0.39 is 18.1 Å². The molecule has 0 radical (unpaired) electrons. The third-order valence-electron chi connectivity index (χ3n) is 2.44. The third-order valence-corrected chi connectivity index (χ3v) is 2.44. The molecule has 0 saturated heterocycles. The van der Waals surface area contributed by atoms with Crippen LogP contribution >= 0.6 is 0 Å². The van der Waals surface area contributed by atoms with E-state index in [1.54, 1.807) is 0 Å². The fraction of sp³-hybridized carbons (Fsp3) is 0.167. The van der Waals surface area contributed by atoms with Crippen molar-refractivity contribution >= 4 is 12.0 Å². The summed E-state index contributed by atoms with van der Waals surface area (Å²) in [6.07, 6.45) is 1.07. The number of nitrogens with two attached hydrogens (primary N) is 1. The van der Waals surface area contributed by atoms with Crippen molar-refractivity contribution in [3.05, 3.63) is 47.2 Å². The summed E-state index contributed by atoms with van der Waals surface area (Å²) in [6, 6.07) is 6.82. The van der Waals surface area contributed by atoms with Crippen molar-refractivity contribution in [3.63, 3.8) is 0 Å². The second-order valence-electron chi connectivity index (χ2n) is 3.81. The van der Waals surface area contributed by atoms with Crippen LogP contribution in [0.1, 0.15) is 17.2 Å². The van der Waals surface area contributed by atoms with Gasteiger partial charge in [-0.3, -0.25) is 0 Å². The topological polar surface area (TPSA) is 81.4 Å². The molecule has 0 saturated carbocycles. The first kappa shape index (κ1) is 11.2. The van der Waals surface area contributed by atoms with Gasteiger partial charge in [-0.1, -0.05) is 29.8 Å². The predicted octanol–water partition coefficient (Wildman–Crippen LogP) is 1.15. The van der Waals surface area contributed by atoms with E-state index in [4.69, 9.17) is 10.5 Å². The van der Waals surface area contributed by atoms with Crippen LogP contribution in [0.25, 0.3) is 0 Å². The van der Waals surface area contributed by atoms with Crippen molar-refractivity contribution in [1.29, 1.82) is 0 Å². The number of benzene rings is 1. The number of carbonyl (C=O) groups excluding carboxylic acids is 2. The van der Waals surface area contributed by atoms with Crippen molar-refractivity contribution in [2.75, 3.05) is 0 Å². The van der Waals surface area contributed by atoms with Gasteiger partial charge in [0.15, 0.2) is 0 Å². The molecule has 1 heterocycles. The quantitative estimate of drug-likeness (QED) is 0.750. The van der Waals surface area contributed by atoms with E-state index >= 15 is 0 Å². The predicted molar refractivity (Wildman–Crippen MR) is 60.8 cm³/mol. The summed E-state index contributed by atoms with van der Waals surface area (Å²) in [5.74, 6) is -0.575. The zero-order valence-corrected chi connectivity index (χ0v) is 9.27. The van der Waals surface area contributed by atoms with E-state index in [1.165, 1.54) is 6.08 Å². The second kappa shape index (κ2) is 4.29. The minimum absolute atomic E-state index is 0.0862. The molecule has 88 valence electrons. The third kappa shape index (κ3) is 2.44. The number of hydrogen-bond acceptors (Lipinski definition) is 3. The number of urea groups is 1. The number of carbonyl (C=O) groups is 2.